The second kappa shape index (κ2) is 8.07. The molecule has 1 N–H and O–H groups in total. The van der Waals surface area contributed by atoms with Gasteiger partial charge >= 0.3 is 0 Å². The molecule has 9 heteroatoms. The van der Waals surface area contributed by atoms with Crippen molar-refractivity contribution in [2.75, 3.05) is 35.2 Å². The molecule has 2 atom stereocenters. The van der Waals surface area contributed by atoms with Crippen molar-refractivity contribution >= 4 is 5.78 Å². The Morgan fingerprint density at radius 1 is 0.969 bits per heavy atom. The standard InChI is InChI=1S/C23H26O9/c1-11-7-12-8-14(26-3)18(27-4)20(28-5)16(12)17-13(22(24)23(11,2)32-25)9-15-19(21(17)29-6)31-10-30-15/h8-9,11,25H,7,10H2,1-6H3/t11-,23+/m0/s1. The highest BCUT2D eigenvalue weighted by atomic mass is 17.1. The minimum absolute atomic E-state index is 0.0110. The fraction of sp³-hybridized carbons (Fsp3) is 0.435. The third-order valence-corrected chi connectivity index (χ3v) is 6.34. The van der Waals surface area contributed by atoms with Crippen molar-refractivity contribution in [3.8, 4) is 45.6 Å². The van der Waals surface area contributed by atoms with Crippen LogP contribution in [0.1, 0.15) is 29.8 Å². The summed E-state index contributed by atoms with van der Waals surface area (Å²) >= 11 is 0. The van der Waals surface area contributed by atoms with Gasteiger partial charge in [-0.3, -0.25) is 10.1 Å². The van der Waals surface area contributed by atoms with Crippen molar-refractivity contribution in [3.05, 3.63) is 23.3 Å². The highest BCUT2D eigenvalue weighted by Gasteiger charge is 2.47. The van der Waals surface area contributed by atoms with Crippen LogP contribution in [0.15, 0.2) is 12.1 Å². The number of fused-ring (bicyclic) bond motifs is 4. The van der Waals surface area contributed by atoms with Gasteiger partial charge in [-0.25, -0.2) is 4.89 Å². The maximum Gasteiger partial charge on any atom is 0.231 e. The number of carbonyl (C=O) groups is 1. The Labute approximate surface area is 185 Å². The van der Waals surface area contributed by atoms with Gasteiger partial charge in [0, 0.05) is 16.7 Å². The zero-order valence-corrected chi connectivity index (χ0v) is 18.9. The highest BCUT2D eigenvalue weighted by molar-refractivity contribution is 6.11. The number of ketones is 1. The molecular weight excluding hydrogens is 420 g/mol. The topological polar surface area (TPSA) is 102 Å². The van der Waals surface area contributed by atoms with Crippen molar-refractivity contribution in [3.63, 3.8) is 0 Å². The average Bonchev–Trinajstić information content (AvgIpc) is 3.28. The van der Waals surface area contributed by atoms with Crippen molar-refractivity contribution in [2.24, 2.45) is 5.92 Å². The minimum atomic E-state index is -1.52. The van der Waals surface area contributed by atoms with E-state index in [0.717, 1.165) is 5.56 Å². The smallest absolute Gasteiger partial charge is 0.231 e. The molecule has 0 aromatic heterocycles. The lowest BCUT2D eigenvalue weighted by molar-refractivity contribution is -0.311. The number of carbonyl (C=O) groups excluding carboxylic acids is 1. The van der Waals surface area contributed by atoms with E-state index in [1.165, 1.54) is 28.4 Å². The van der Waals surface area contributed by atoms with Gasteiger partial charge in [0.2, 0.25) is 18.3 Å². The summed E-state index contributed by atoms with van der Waals surface area (Å²) in [5.41, 5.74) is 0.549. The molecule has 0 spiro atoms. The zero-order chi connectivity index (χ0) is 23.2. The van der Waals surface area contributed by atoms with Crippen LogP contribution in [0.5, 0.6) is 34.5 Å². The SMILES string of the molecule is COc1cc2c(c(OC)c1OC)-c1c(cc3c(c1OC)OCO3)C(=O)[C@](C)(OO)[C@@H](C)C2. The van der Waals surface area contributed by atoms with Crippen LogP contribution in [0.4, 0.5) is 0 Å². The minimum Gasteiger partial charge on any atom is -0.493 e. The first-order valence-corrected chi connectivity index (χ1v) is 10.1. The van der Waals surface area contributed by atoms with E-state index in [-0.39, 0.29) is 12.4 Å². The molecule has 0 bridgehead atoms. The van der Waals surface area contributed by atoms with E-state index in [1.807, 2.05) is 13.0 Å². The second-order valence-corrected chi connectivity index (χ2v) is 7.88. The predicted octanol–water partition coefficient (Wildman–Crippen LogP) is 3.74. The molecule has 1 aliphatic heterocycles. The number of Topliss-reactive ketones (excluding diaryl/α,β-unsaturated/α-hetero) is 1. The Kier molecular flexibility index (Phi) is 5.56. The van der Waals surface area contributed by atoms with Crippen LogP contribution >= 0.6 is 0 Å². The molecule has 2 aliphatic rings. The van der Waals surface area contributed by atoms with Crippen LogP contribution in [0.25, 0.3) is 11.1 Å². The summed E-state index contributed by atoms with van der Waals surface area (Å²) in [4.78, 5) is 18.6. The van der Waals surface area contributed by atoms with Gasteiger partial charge in [-0.1, -0.05) is 6.92 Å². The van der Waals surface area contributed by atoms with Gasteiger partial charge < -0.3 is 28.4 Å². The maximum atomic E-state index is 13.8. The van der Waals surface area contributed by atoms with Crippen LogP contribution in [0.3, 0.4) is 0 Å². The number of methoxy groups -OCH3 is 4. The quantitative estimate of drug-likeness (QED) is 0.543. The first-order valence-electron chi connectivity index (χ1n) is 10.1. The molecule has 0 radical (unpaired) electrons. The molecule has 0 unspecified atom stereocenters. The molecule has 0 amide bonds. The molecule has 1 aliphatic carbocycles. The summed E-state index contributed by atoms with van der Waals surface area (Å²) < 4.78 is 33.8. The number of hydrogen-bond acceptors (Lipinski definition) is 9. The van der Waals surface area contributed by atoms with Gasteiger partial charge in [-0.05, 0) is 37.0 Å². The summed E-state index contributed by atoms with van der Waals surface area (Å²) in [7, 11) is 6.05. The monoisotopic (exact) mass is 446 g/mol. The molecule has 2 aromatic rings. The van der Waals surface area contributed by atoms with E-state index in [9.17, 15) is 10.1 Å². The lowest BCUT2D eigenvalue weighted by atomic mass is 9.74. The highest BCUT2D eigenvalue weighted by Crippen LogP contribution is 2.57. The third kappa shape index (κ3) is 2.96. The first kappa shape index (κ1) is 22.0. The van der Waals surface area contributed by atoms with Gasteiger partial charge in [0.05, 0.1) is 28.4 Å². The Hall–Kier alpha value is -3.17. The lowest BCUT2D eigenvalue weighted by Crippen LogP contribution is -2.45. The molecule has 9 nitrogen and oxygen atoms in total. The fourth-order valence-electron chi connectivity index (χ4n) is 4.42. The van der Waals surface area contributed by atoms with Gasteiger partial charge in [-0.15, -0.1) is 0 Å². The molecule has 1 heterocycles. The third-order valence-electron chi connectivity index (χ3n) is 6.34. The van der Waals surface area contributed by atoms with E-state index < -0.39 is 17.3 Å². The Balaban J connectivity index is 2.20. The summed E-state index contributed by atoms with van der Waals surface area (Å²) in [5.74, 6) is 1.44. The van der Waals surface area contributed by atoms with Crippen LogP contribution in [0, 0.1) is 5.92 Å². The molecular formula is C23H26O9. The molecule has 172 valence electrons. The van der Waals surface area contributed by atoms with Gasteiger partial charge in [0.25, 0.3) is 0 Å². The van der Waals surface area contributed by atoms with E-state index in [1.54, 1.807) is 13.0 Å². The van der Waals surface area contributed by atoms with Crippen molar-refractivity contribution < 1.29 is 43.4 Å². The molecule has 4 rings (SSSR count). The number of rotatable bonds is 5. The van der Waals surface area contributed by atoms with E-state index in [2.05, 4.69) is 0 Å². The number of ether oxygens (including phenoxy) is 6. The van der Waals surface area contributed by atoms with Crippen LogP contribution in [-0.2, 0) is 11.3 Å². The molecule has 32 heavy (non-hydrogen) atoms. The van der Waals surface area contributed by atoms with Crippen molar-refractivity contribution in [1.29, 1.82) is 0 Å². The molecule has 0 saturated carbocycles. The molecule has 0 fully saturated rings. The Morgan fingerprint density at radius 2 is 1.66 bits per heavy atom. The summed E-state index contributed by atoms with van der Waals surface area (Å²) in [6.45, 7) is 3.38. The van der Waals surface area contributed by atoms with Crippen molar-refractivity contribution in [1.82, 2.24) is 0 Å². The van der Waals surface area contributed by atoms with Crippen LogP contribution < -0.4 is 28.4 Å². The molecule has 0 saturated heterocycles. The van der Waals surface area contributed by atoms with Gasteiger partial charge in [0.15, 0.2) is 34.4 Å². The molecule has 2 aromatic carbocycles. The first-order chi connectivity index (χ1) is 15.4. The summed E-state index contributed by atoms with van der Waals surface area (Å²) in [6, 6.07) is 3.41. The number of benzene rings is 2. The van der Waals surface area contributed by atoms with Gasteiger partial charge in [0.1, 0.15) is 0 Å². The summed E-state index contributed by atoms with van der Waals surface area (Å²) in [5, 5.41) is 9.81. The summed E-state index contributed by atoms with van der Waals surface area (Å²) in [6.07, 6.45) is 0.367. The van der Waals surface area contributed by atoms with E-state index >= 15 is 0 Å². The zero-order valence-electron chi connectivity index (χ0n) is 18.9. The van der Waals surface area contributed by atoms with E-state index in [4.69, 9.17) is 33.3 Å². The average molecular weight is 446 g/mol. The number of hydrogen-bond donors (Lipinski definition) is 1. The fourth-order valence-corrected chi connectivity index (χ4v) is 4.42. The maximum absolute atomic E-state index is 13.8. The Bertz CT molecular complexity index is 1080. The largest absolute Gasteiger partial charge is 0.493 e. The predicted molar refractivity (Wildman–Crippen MR) is 114 cm³/mol. The van der Waals surface area contributed by atoms with Gasteiger partial charge in [-0.2, -0.15) is 0 Å². The van der Waals surface area contributed by atoms with E-state index in [0.29, 0.717) is 52.0 Å². The normalized spacial score (nSPS) is 21.2. The Morgan fingerprint density at radius 3 is 2.25 bits per heavy atom. The van der Waals surface area contributed by atoms with Crippen molar-refractivity contribution in [2.45, 2.75) is 25.9 Å². The lowest BCUT2D eigenvalue weighted by Gasteiger charge is -2.35. The van der Waals surface area contributed by atoms with Crippen LogP contribution in [-0.4, -0.2) is 51.9 Å². The van der Waals surface area contributed by atoms with Crippen LogP contribution in [0.2, 0.25) is 0 Å². The second-order valence-electron chi connectivity index (χ2n) is 7.88.